The summed E-state index contributed by atoms with van der Waals surface area (Å²) in [4.78, 5) is 41.0. The maximum Gasteiger partial charge on any atom is 0.319 e. The molecule has 54 heavy (non-hydrogen) atoms. The fraction of sp³-hybridized carbons (Fsp3) is 0.545. The summed E-state index contributed by atoms with van der Waals surface area (Å²) < 4.78 is 17.7. The molecule has 10 heteroatoms. The van der Waals surface area contributed by atoms with E-state index < -0.39 is 10.8 Å². The van der Waals surface area contributed by atoms with Gasteiger partial charge in [-0.15, -0.1) is 0 Å². The normalized spacial score (nSPS) is 33.8. The second kappa shape index (κ2) is 13.0. The number of aliphatic hydroxyl groups excluding tert-OH is 1. The van der Waals surface area contributed by atoms with Crippen LogP contribution in [0.25, 0.3) is 21.8 Å². The highest BCUT2D eigenvalue weighted by atomic mass is 16.5. The average Bonchev–Trinajstić information content (AvgIpc) is 3.72. The minimum atomic E-state index is -1.17. The van der Waals surface area contributed by atoms with Crippen LogP contribution < -0.4 is 4.74 Å². The number of carbonyl (C=O) groups excluding carboxylic acids is 2. The Balaban J connectivity index is 1.29. The minimum Gasteiger partial charge on any atom is -0.496 e. The summed E-state index contributed by atoms with van der Waals surface area (Å²) in [7, 11) is 6.77. The highest BCUT2D eigenvalue weighted by molar-refractivity contribution is 5.93. The molecule has 0 radical (unpaired) electrons. The van der Waals surface area contributed by atoms with Crippen molar-refractivity contribution in [2.45, 2.75) is 75.8 Å². The van der Waals surface area contributed by atoms with Crippen LogP contribution in [0.15, 0.2) is 48.0 Å². The van der Waals surface area contributed by atoms with Gasteiger partial charge in [0.2, 0.25) is 0 Å². The van der Waals surface area contributed by atoms with Gasteiger partial charge in [0.25, 0.3) is 0 Å². The van der Waals surface area contributed by atoms with Gasteiger partial charge in [0.1, 0.15) is 16.6 Å². The van der Waals surface area contributed by atoms with Gasteiger partial charge in [0.05, 0.1) is 27.9 Å². The minimum absolute atomic E-state index is 0.0942. The molecular formula is C44H54N4O6. The molecule has 4 fully saturated rings. The summed E-state index contributed by atoms with van der Waals surface area (Å²) in [6.45, 7) is 6.61. The Hall–Kier alpha value is -4.12. The number of allylic oxidation sites excluding steroid dienone is 1. The van der Waals surface area contributed by atoms with Gasteiger partial charge in [-0.05, 0) is 87.2 Å². The first kappa shape index (κ1) is 35.6. The molecule has 2 aliphatic carbocycles. The van der Waals surface area contributed by atoms with Crippen molar-refractivity contribution in [2.75, 3.05) is 54.6 Å². The molecule has 6 aliphatic rings. The predicted octanol–water partition coefficient (Wildman–Crippen LogP) is 5.85. The summed E-state index contributed by atoms with van der Waals surface area (Å²) in [5.74, 6) is 0.625. The molecule has 6 heterocycles. The van der Waals surface area contributed by atoms with Crippen molar-refractivity contribution in [3.8, 4) is 5.75 Å². The number of likely N-dealkylation sites (tertiary alicyclic amines) is 1. The van der Waals surface area contributed by atoms with Crippen LogP contribution in [-0.4, -0.2) is 104 Å². The number of esters is 2. The zero-order chi connectivity index (χ0) is 37.7. The van der Waals surface area contributed by atoms with E-state index in [1.807, 2.05) is 13.0 Å². The number of para-hydroxylation sites is 1. The maximum absolute atomic E-state index is 14.3. The van der Waals surface area contributed by atoms with Crippen LogP contribution >= 0.6 is 0 Å². The summed E-state index contributed by atoms with van der Waals surface area (Å²) in [5.41, 5.74) is 6.67. The van der Waals surface area contributed by atoms with E-state index in [4.69, 9.17) is 14.2 Å². The van der Waals surface area contributed by atoms with E-state index in [2.05, 4.69) is 70.1 Å². The molecule has 9 atom stereocenters. The Bertz CT molecular complexity index is 2190. The second-order valence-corrected chi connectivity index (χ2v) is 16.8. The zero-order valence-electron chi connectivity index (χ0n) is 32.5. The SMILES string of the molecule is CC=C1CN(C)[C@H]2Cc3c([nH]c4ccccc34)[C@H](c3cc4[nH]c5c(c4cc3OC)CCN3C[C@@H]4C[C@H](CC)[C@H]3[C@@]5(C(=O)OC)C4)C[C@@H]1[C@]2(CO)C(=O)OC. The molecule has 4 aromatic rings. The van der Waals surface area contributed by atoms with E-state index in [9.17, 15) is 14.7 Å². The Morgan fingerprint density at radius 1 is 1.02 bits per heavy atom. The molecule has 10 rings (SSSR count). The molecule has 1 saturated carbocycles. The first-order valence-corrected chi connectivity index (χ1v) is 19.9. The number of rotatable bonds is 6. The highest BCUT2D eigenvalue weighted by Gasteiger charge is 2.63. The summed E-state index contributed by atoms with van der Waals surface area (Å²) in [6, 6.07) is 12.6. The number of aromatic amines is 2. The number of likely N-dealkylation sites (N-methyl/N-ethyl adjacent to an activating group) is 1. The number of nitrogens with one attached hydrogen (secondary N) is 2. The van der Waals surface area contributed by atoms with E-state index in [1.54, 1.807) is 14.2 Å². The number of ether oxygens (including phenoxy) is 3. The molecular weight excluding hydrogens is 681 g/mol. The van der Waals surface area contributed by atoms with Gasteiger partial charge in [-0.2, -0.15) is 0 Å². The first-order chi connectivity index (χ1) is 26.2. The van der Waals surface area contributed by atoms with Gasteiger partial charge in [0, 0.05) is 82.3 Å². The van der Waals surface area contributed by atoms with Crippen LogP contribution in [0.1, 0.15) is 73.5 Å². The lowest BCUT2D eigenvalue weighted by atomic mass is 9.56. The molecule has 3 N–H and O–H groups in total. The van der Waals surface area contributed by atoms with E-state index in [0.717, 1.165) is 94.4 Å². The maximum atomic E-state index is 14.3. The summed E-state index contributed by atoms with van der Waals surface area (Å²) in [6.07, 6.45) is 7.07. The molecule has 0 amide bonds. The molecule has 1 unspecified atom stereocenters. The van der Waals surface area contributed by atoms with Crippen molar-refractivity contribution < 1.29 is 28.9 Å². The topological polar surface area (TPSA) is 120 Å². The summed E-state index contributed by atoms with van der Waals surface area (Å²) >= 11 is 0. The van der Waals surface area contributed by atoms with Gasteiger partial charge < -0.3 is 29.3 Å². The van der Waals surface area contributed by atoms with Crippen LogP contribution in [0, 0.1) is 23.2 Å². The monoisotopic (exact) mass is 734 g/mol. The second-order valence-electron chi connectivity index (χ2n) is 16.8. The van der Waals surface area contributed by atoms with Gasteiger partial charge in [0.15, 0.2) is 0 Å². The van der Waals surface area contributed by atoms with Crippen molar-refractivity contribution in [3.63, 3.8) is 0 Å². The zero-order valence-corrected chi connectivity index (χ0v) is 32.5. The van der Waals surface area contributed by atoms with Crippen molar-refractivity contribution in [2.24, 2.45) is 23.2 Å². The molecule has 0 spiro atoms. The fourth-order valence-corrected chi connectivity index (χ4v) is 12.6. The lowest BCUT2D eigenvalue weighted by Crippen LogP contribution is -2.67. The van der Waals surface area contributed by atoms with E-state index in [0.29, 0.717) is 31.2 Å². The number of methoxy groups -OCH3 is 3. The van der Waals surface area contributed by atoms with E-state index >= 15 is 0 Å². The number of aliphatic hydroxyl groups is 1. The van der Waals surface area contributed by atoms with Crippen LogP contribution in [0.5, 0.6) is 5.75 Å². The van der Waals surface area contributed by atoms with Crippen LogP contribution in [0.2, 0.25) is 0 Å². The Kier molecular flexibility index (Phi) is 8.56. The average molecular weight is 735 g/mol. The van der Waals surface area contributed by atoms with Crippen molar-refractivity contribution >= 4 is 33.7 Å². The van der Waals surface area contributed by atoms with Crippen LogP contribution in [0.3, 0.4) is 0 Å². The van der Waals surface area contributed by atoms with E-state index in [1.165, 1.54) is 12.7 Å². The molecule has 6 bridgehead atoms. The molecule has 2 aromatic carbocycles. The number of fused-ring (bicyclic) bond motifs is 9. The number of aromatic nitrogens is 2. The number of benzene rings is 2. The van der Waals surface area contributed by atoms with Crippen molar-refractivity contribution in [1.82, 2.24) is 19.8 Å². The van der Waals surface area contributed by atoms with Crippen molar-refractivity contribution in [3.05, 3.63) is 76.1 Å². The molecule has 10 nitrogen and oxygen atoms in total. The number of piperidine rings is 3. The number of H-pyrrole nitrogens is 2. The van der Waals surface area contributed by atoms with Crippen molar-refractivity contribution in [1.29, 1.82) is 0 Å². The fourth-order valence-electron chi connectivity index (χ4n) is 12.6. The quantitative estimate of drug-likeness (QED) is 0.167. The third-order valence-electron chi connectivity index (χ3n) is 14.8. The smallest absolute Gasteiger partial charge is 0.319 e. The van der Waals surface area contributed by atoms with Gasteiger partial charge >= 0.3 is 11.9 Å². The van der Waals surface area contributed by atoms with Gasteiger partial charge in [-0.1, -0.05) is 43.2 Å². The number of hydrogen-bond donors (Lipinski definition) is 3. The first-order valence-electron chi connectivity index (χ1n) is 19.9. The largest absolute Gasteiger partial charge is 0.496 e. The third-order valence-corrected chi connectivity index (χ3v) is 14.8. The van der Waals surface area contributed by atoms with E-state index in [-0.39, 0.29) is 42.5 Å². The molecule has 2 aromatic heterocycles. The third kappa shape index (κ3) is 4.68. The van der Waals surface area contributed by atoms with Gasteiger partial charge in [-0.3, -0.25) is 19.4 Å². The van der Waals surface area contributed by atoms with Crippen LogP contribution in [0.4, 0.5) is 0 Å². The molecule has 4 aliphatic heterocycles. The number of nitrogens with zero attached hydrogens (tertiary/aromatic N) is 2. The Morgan fingerprint density at radius 3 is 2.54 bits per heavy atom. The highest BCUT2D eigenvalue weighted by Crippen LogP contribution is 2.57. The molecule has 3 saturated heterocycles. The standard InChI is InChI=1S/C44H54N4O6/c1-7-25-15-24-20-43(41(50)53-5)39-28(13-14-48(21-24)40(25)43)29-18-36(52-4)30(17-35(29)46-39)31-16-33-26(8-2)22-47(3)37(44(33,23-49)42(51)54-6)19-32-27-11-9-10-12-34(27)45-38(31)32/h8-12,17-18,24-25,31,33,37,40,45-46,49H,7,13-16,19-23H2,1-6H3/t24-,25+,31+,33+,37+,40+,43-,44+/m1/s1. The predicted molar refractivity (Wildman–Crippen MR) is 208 cm³/mol. The number of hydrogen-bond acceptors (Lipinski definition) is 8. The number of carbonyl (C=O) groups is 2. The lowest BCUT2D eigenvalue weighted by molar-refractivity contribution is -0.169. The lowest BCUT2D eigenvalue weighted by Gasteiger charge is -2.57. The Labute approximate surface area is 317 Å². The van der Waals surface area contributed by atoms with Crippen LogP contribution in [-0.2, 0) is 37.3 Å². The Morgan fingerprint density at radius 2 is 1.81 bits per heavy atom. The molecule has 286 valence electrons. The van der Waals surface area contributed by atoms with Gasteiger partial charge in [-0.25, -0.2) is 0 Å². The summed E-state index contributed by atoms with van der Waals surface area (Å²) in [5, 5.41) is 13.6.